The lowest BCUT2D eigenvalue weighted by molar-refractivity contribution is 0.222. The van der Waals surface area contributed by atoms with Gasteiger partial charge in [-0.3, -0.25) is 5.41 Å². The molecule has 0 heterocycles. The Morgan fingerprint density at radius 3 is 2.78 bits per heavy atom. The molecular formula is C5H9N3O. The molecule has 0 saturated carbocycles. The third-order valence-electron chi connectivity index (χ3n) is 0.836. The number of aliphatic hydroxyl groups excluding tert-OH is 1. The molecule has 0 aromatic carbocycles. The van der Waals surface area contributed by atoms with Crippen molar-refractivity contribution in [2.24, 2.45) is 5.73 Å². The van der Waals surface area contributed by atoms with Gasteiger partial charge in [0.25, 0.3) is 0 Å². The maximum Gasteiger partial charge on any atom is 0.140 e. The van der Waals surface area contributed by atoms with Crippen LogP contribution in [0.3, 0.4) is 0 Å². The van der Waals surface area contributed by atoms with E-state index in [2.05, 4.69) is 0 Å². The molecule has 0 aliphatic heterocycles. The van der Waals surface area contributed by atoms with Gasteiger partial charge in [-0.25, -0.2) is 0 Å². The van der Waals surface area contributed by atoms with Crippen LogP contribution in [-0.4, -0.2) is 17.0 Å². The van der Waals surface area contributed by atoms with Crippen LogP contribution in [0.5, 0.6) is 0 Å². The van der Waals surface area contributed by atoms with Gasteiger partial charge < -0.3 is 10.8 Å². The number of nitrogens with zero attached hydrogens (tertiary/aromatic N) is 1. The summed E-state index contributed by atoms with van der Waals surface area (Å²) in [5.74, 6) is 0.00398. The molecule has 0 aliphatic rings. The van der Waals surface area contributed by atoms with Gasteiger partial charge in [0, 0.05) is 6.42 Å². The summed E-state index contributed by atoms with van der Waals surface area (Å²) in [5.41, 5.74) is 4.96. The van der Waals surface area contributed by atoms with Crippen molar-refractivity contribution >= 4 is 5.84 Å². The van der Waals surface area contributed by atoms with Crippen molar-refractivity contribution in [3.63, 3.8) is 0 Å². The standard InChI is InChI=1S/C5H9N3O/c6-3-4(9)1-2-5(7)8/h4,9H,1-2H2,(H3,7,8). The fourth-order valence-corrected chi connectivity index (χ4v) is 0.357. The molecule has 4 heteroatoms. The van der Waals surface area contributed by atoms with Crippen LogP contribution in [0.25, 0.3) is 0 Å². The van der Waals surface area contributed by atoms with Crippen molar-refractivity contribution in [2.75, 3.05) is 0 Å². The Balaban J connectivity index is 3.30. The lowest BCUT2D eigenvalue weighted by Crippen LogP contribution is -2.13. The van der Waals surface area contributed by atoms with Gasteiger partial charge in [-0.1, -0.05) is 0 Å². The fourth-order valence-electron chi connectivity index (χ4n) is 0.357. The van der Waals surface area contributed by atoms with Crippen molar-refractivity contribution in [1.29, 1.82) is 10.7 Å². The predicted octanol–water partition coefficient (Wildman–Crippen LogP) is -0.413. The second kappa shape index (κ2) is 3.87. The predicted molar refractivity (Wildman–Crippen MR) is 32.8 cm³/mol. The Morgan fingerprint density at radius 2 is 2.44 bits per heavy atom. The first-order valence-corrected chi connectivity index (χ1v) is 2.57. The zero-order chi connectivity index (χ0) is 7.28. The van der Waals surface area contributed by atoms with Crippen LogP contribution in [0, 0.1) is 16.7 Å². The average molecular weight is 127 g/mol. The minimum absolute atomic E-state index is 0.00398. The van der Waals surface area contributed by atoms with Crippen LogP contribution in [0.1, 0.15) is 12.8 Å². The summed E-state index contributed by atoms with van der Waals surface area (Å²) < 4.78 is 0. The van der Waals surface area contributed by atoms with Crippen LogP contribution in [0.15, 0.2) is 0 Å². The number of nitrogens with two attached hydrogens (primary N) is 1. The van der Waals surface area contributed by atoms with E-state index < -0.39 is 6.10 Å². The van der Waals surface area contributed by atoms with Gasteiger partial charge in [0.05, 0.1) is 11.9 Å². The molecule has 4 nitrogen and oxygen atoms in total. The van der Waals surface area contributed by atoms with Gasteiger partial charge >= 0.3 is 0 Å². The Hall–Kier alpha value is -1.08. The molecule has 0 fully saturated rings. The van der Waals surface area contributed by atoms with E-state index in [1.54, 1.807) is 6.07 Å². The van der Waals surface area contributed by atoms with Crippen LogP contribution in [-0.2, 0) is 0 Å². The zero-order valence-electron chi connectivity index (χ0n) is 4.96. The third kappa shape index (κ3) is 4.78. The van der Waals surface area contributed by atoms with Crippen molar-refractivity contribution < 1.29 is 5.11 Å². The van der Waals surface area contributed by atoms with E-state index in [4.69, 9.17) is 21.5 Å². The van der Waals surface area contributed by atoms with Gasteiger partial charge in [-0.05, 0) is 6.42 Å². The van der Waals surface area contributed by atoms with Crippen molar-refractivity contribution in [3.8, 4) is 6.07 Å². The van der Waals surface area contributed by atoms with Crippen molar-refractivity contribution in [3.05, 3.63) is 0 Å². The molecule has 0 aromatic rings. The number of hydrogen-bond acceptors (Lipinski definition) is 3. The molecule has 0 saturated heterocycles. The first kappa shape index (κ1) is 7.92. The molecule has 0 aliphatic carbocycles. The average Bonchev–Trinajstić information content (AvgIpc) is 1.83. The molecule has 0 aromatic heterocycles. The summed E-state index contributed by atoms with van der Waals surface area (Å²) in [7, 11) is 0. The normalized spacial score (nSPS) is 12.0. The van der Waals surface area contributed by atoms with Crippen molar-refractivity contribution in [2.45, 2.75) is 18.9 Å². The Morgan fingerprint density at radius 1 is 1.89 bits per heavy atom. The topological polar surface area (TPSA) is 93.9 Å². The Labute approximate surface area is 53.4 Å². The molecule has 0 spiro atoms. The number of nitriles is 1. The maximum absolute atomic E-state index is 8.59. The maximum atomic E-state index is 8.59. The van der Waals surface area contributed by atoms with E-state index in [1.165, 1.54) is 0 Å². The van der Waals surface area contributed by atoms with E-state index >= 15 is 0 Å². The molecule has 0 amide bonds. The monoisotopic (exact) mass is 127 g/mol. The number of amidine groups is 1. The van der Waals surface area contributed by atoms with Crippen LogP contribution < -0.4 is 5.73 Å². The summed E-state index contributed by atoms with van der Waals surface area (Å²) in [5, 5.41) is 23.3. The number of rotatable bonds is 3. The van der Waals surface area contributed by atoms with E-state index in [9.17, 15) is 0 Å². The number of nitrogens with one attached hydrogen (secondary N) is 1. The Bertz CT molecular complexity index is 138. The second-order valence-corrected chi connectivity index (χ2v) is 1.71. The van der Waals surface area contributed by atoms with Crippen molar-refractivity contribution in [1.82, 2.24) is 0 Å². The van der Waals surface area contributed by atoms with Crippen LogP contribution in [0.2, 0.25) is 0 Å². The molecule has 0 bridgehead atoms. The second-order valence-electron chi connectivity index (χ2n) is 1.71. The highest BCUT2D eigenvalue weighted by Crippen LogP contribution is 1.93. The summed E-state index contributed by atoms with van der Waals surface area (Å²) in [6.45, 7) is 0. The highest BCUT2D eigenvalue weighted by Gasteiger charge is 2.00. The third-order valence-corrected chi connectivity index (χ3v) is 0.836. The van der Waals surface area contributed by atoms with E-state index in [1.807, 2.05) is 0 Å². The number of hydrogen-bond donors (Lipinski definition) is 3. The SMILES string of the molecule is N#CC(O)CCC(=N)N. The molecule has 0 rings (SSSR count). The summed E-state index contributed by atoms with van der Waals surface area (Å²) >= 11 is 0. The van der Waals surface area contributed by atoms with Gasteiger partial charge in [-0.15, -0.1) is 0 Å². The van der Waals surface area contributed by atoms with Crippen LogP contribution >= 0.6 is 0 Å². The molecule has 1 atom stereocenters. The molecular weight excluding hydrogens is 118 g/mol. The minimum atomic E-state index is -0.978. The minimum Gasteiger partial charge on any atom is -0.388 e. The van der Waals surface area contributed by atoms with Gasteiger partial charge in [0.2, 0.25) is 0 Å². The highest BCUT2D eigenvalue weighted by molar-refractivity contribution is 5.76. The van der Waals surface area contributed by atoms with Gasteiger partial charge in [0.1, 0.15) is 6.10 Å². The fraction of sp³-hybridized carbons (Fsp3) is 0.600. The smallest absolute Gasteiger partial charge is 0.140 e. The molecule has 0 radical (unpaired) electrons. The molecule has 50 valence electrons. The molecule has 1 unspecified atom stereocenters. The van der Waals surface area contributed by atoms with E-state index in [-0.39, 0.29) is 18.7 Å². The lowest BCUT2D eigenvalue weighted by Gasteiger charge is -1.97. The quantitative estimate of drug-likeness (QED) is 0.273. The highest BCUT2D eigenvalue weighted by atomic mass is 16.3. The summed E-state index contributed by atoms with van der Waals surface area (Å²) in [4.78, 5) is 0. The lowest BCUT2D eigenvalue weighted by atomic mass is 10.2. The molecule has 4 N–H and O–H groups in total. The summed E-state index contributed by atoms with van der Waals surface area (Å²) in [6, 6.07) is 1.62. The zero-order valence-corrected chi connectivity index (χ0v) is 4.96. The first-order chi connectivity index (χ1) is 4.16. The molecule has 9 heavy (non-hydrogen) atoms. The first-order valence-electron chi connectivity index (χ1n) is 2.57. The van der Waals surface area contributed by atoms with Gasteiger partial charge in [-0.2, -0.15) is 5.26 Å². The van der Waals surface area contributed by atoms with E-state index in [0.29, 0.717) is 0 Å². The largest absolute Gasteiger partial charge is 0.388 e. The number of aliphatic hydroxyl groups is 1. The Kier molecular flexibility index (Phi) is 3.40. The van der Waals surface area contributed by atoms with Gasteiger partial charge in [0.15, 0.2) is 0 Å². The van der Waals surface area contributed by atoms with E-state index in [0.717, 1.165) is 0 Å². The summed E-state index contributed by atoms with van der Waals surface area (Å²) in [6.07, 6.45) is -0.436. The van der Waals surface area contributed by atoms with Crippen LogP contribution in [0.4, 0.5) is 0 Å².